The predicted molar refractivity (Wildman–Crippen MR) is 233 cm³/mol. The number of rotatable bonds is 14. The van der Waals surface area contributed by atoms with E-state index >= 15 is 0 Å². The Morgan fingerprint density at radius 1 is 0.704 bits per heavy atom. The van der Waals surface area contributed by atoms with Crippen molar-refractivity contribution in [2.45, 2.75) is 24.4 Å². The maximum Gasteiger partial charge on any atom is 0.149 e. The Hall–Kier alpha value is -6.64. The second kappa shape index (κ2) is 16.4. The number of hydrogen-bond acceptors (Lipinski definition) is 2. The smallest absolute Gasteiger partial charge is 0.149 e. The summed E-state index contributed by atoms with van der Waals surface area (Å²) >= 11 is 0. The molecule has 0 spiro atoms. The summed E-state index contributed by atoms with van der Waals surface area (Å²) in [5.41, 5.74) is 6.30. The Bertz CT molecular complexity index is 2520. The van der Waals surface area contributed by atoms with E-state index in [4.69, 9.17) is 4.74 Å². The molecule has 7 rings (SSSR count). The maximum absolute atomic E-state index is 6.61. The molecule has 1 heterocycles. The lowest BCUT2D eigenvalue weighted by Gasteiger charge is -2.30. The van der Waals surface area contributed by atoms with Crippen molar-refractivity contribution < 1.29 is 4.74 Å². The zero-order valence-electron chi connectivity index (χ0n) is 30.7. The van der Waals surface area contributed by atoms with E-state index in [-0.39, 0.29) is 17.9 Å². The summed E-state index contributed by atoms with van der Waals surface area (Å²) in [5, 5.41) is 7.25. The minimum Gasteiger partial charge on any atom is -0.483 e. The van der Waals surface area contributed by atoms with Gasteiger partial charge in [0.05, 0.1) is 5.70 Å². The van der Waals surface area contributed by atoms with Gasteiger partial charge in [-0.1, -0.05) is 159 Å². The first-order chi connectivity index (χ1) is 26.5. The van der Waals surface area contributed by atoms with E-state index in [0.717, 1.165) is 40.3 Å². The third-order valence-electron chi connectivity index (χ3n) is 10.2. The first-order valence-corrected chi connectivity index (χ1v) is 18.4. The van der Waals surface area contributed by atoms with Crippen molar-refractivity contribution in [3.8, 4) is 5.75 Å². The monoisotopic (exact) mass is 699 g/mol. The van der Waals surface area contributed by atoms with Gasteiger partial charge < -0.3 is 9.64 Å². The molecule has 0 aliphatic carbocycles. The molecular formula is C52H45NO. The average Bonchev–Trinajstić information content (AvgIpc) is 3.60. The highest BCUT2D eigenvalue weighted by molar-refractivity contribution is 6.10. The van der Waals surface area contributed by atoms with Gasteiger partial charge in [-0.25, -0.2) is 0 Å². The van der Waals surface area contributed by atoms with Gasteiger partial charge in [0.2, 0.25) is 0 Å². The molecule has 0 aromatic heterocycles. The van der Waals surface area contributed by atoms with Crippen LogP contribution in [0.2, 0.25) is 0 Å². The van der Waals surface area contributed by atoms with Crippen molar-refractivity contribution >= 4 is 44.5 Å². The van der Waals surface area contributed by atoms with Gasteiger partial charge in [0.1, 0.15) is 11.9 Å². The number of benzene rings is 6. The summed E-state index contributed by atoms with van der Waals surface area (Å²) in [6.07, 6.45) is 22.8. The van der Waals surface area contributed by atoms with Crippen molar-refractivity contribution in [2.24, 2.45) is 0 Å². The van der Waals surface area contributed by atoms with E-state index in [2.05, 4.69) is 165 Å². The topological polar surface area (TPSA) is 12.5 Å². The van der Waals surface area contributed by atoms with Crippen LogP contribution in [0.25, 0.3) is 44.5 Å². The molecule has 0 bridgehead atoms. The normalized spacial score (nSPS) is 16.2. The Morgan fingerprint density at radius 2 is 1.37 bits per heavy atom. The van der Waals surface area contributed by atoms with E-state index in [9.17, 15) is 0 Å². The highest BCUT2D eigenvalue weighted by Gasteiger charge is 2.36. The molecule has 0 amide bonds. The minimum absolute atomic E-state index is 0.0549. The average molecular weight is 700 g/mol. The maximum atomic E-state index is 6.61. The van der Waals surface area contributed by atoms with E-state index in [0.29, 0.717) is 0 Å². The van der Waals surface area contributed by atoms with E-state index in [1.807, 2.05) is 54.7 Å². The summed E-state index contributed by atoms with van der Waals surface area (Å²) < 4.78 is 6.61. The quantitative estimate of drug-likeness (QED) is 0.0637. The molecule has 0 radical (unpaired) electrons. The Kier molecular flexibility index (Phi) is 10.8. The summed E-state index contributed by atoms with van der Waals surface area (Å²) in [6, 6.07) is 40.6. The predicted octanol–water partition coefficient (Wildman–Crippen LogP) is 13.8. The third-order valence-corrected chi connectivity index (χ3v) is 10.2. The lowest BCUT2D eigenvalue weighted by molar-refractivity contribution is 0.229. The van der Waals surface area contributed by atoms with Crippen LogP contribution in [0.5, 0.6) is 5.75 Å². The third kappa shape index (κ3) is 7.20. The van der Waals surface area contributed by atoms with Crippen molar-refractivity contribution in [3.63, 3.8) is 0 Å². The number of nitrogens with zero attached hydrogens (tertiary/aromatic N) is 1. The molecule has 0 N–H and O–H groups in total. The van der Waals surface area contributed by atoms with E-state index in [1.54, 1.807) is 0 Å². The number of fused-ring (bicyclic) bond motifs is 5. The van der Waals surface area contributed by atoms with Crippen LogP contribution in [0.15, 0.2) is 214 Å². The molecule has 0 saturated carbocycles. The fourth-order valence-electron chi connectivity index (χ4n) is 7.56. The van der Waals surface area contributed by atoms with Gasteiger partial charge in [0, 0.05) is 29.3 Å². The molecule has 0 saturated heterocycles. The van der Waals surface area contributed by atoms with Crippen molar-refractivity contribution in [3.05, 3.63) is 237 Å². The number of hydrogen-bond donors (Lipinski definition) is 0. The van der Waals surface area contributed by atoms with Gasteiger partial charge in [-0.05, 0) is 91.8 Å². The molecular weight excluding hydrogens is 655 g/mol. The minimum atomic E-state index is -0.348. The van der Waals surface area contributed by atoms with Crippen LogP contribution in [0.4, 0.5) is 0 Å². The fourth-order valence-corrected chi connectivity index (χ4v) is 7.56. The van der Waals surface area contributed by atoms with Crippen LogP contribution < -0.4 is 4.74 Å². The van der Waals surface area contributed by atoms with Gasteiger partial charge in [-0.2, -0.15) is 0 Å². The molecule has 1 aliphatic rings. The van der Waals surface area contributed by atoms with Crippen molar-refractivity contribution in [1.82, 2.24) is 4.90 Å². The zero-order chi connectivity index (χ0) is 37.4. The second-order valence-electron chi connectivity index (χ2n) is 13.5. The lowest BCUT2D eigenvalue weighted by atomic mass is 9.89. The molecule has 6 aromatic rings. The van der Waals surface area contributed by atoms with Crippen LogP contribution in [0, 0.1) is 0 Å². The lowest BCUT2D eigenvalue weighted by Crippen LogP contribution is -2.29. The van der Waals surface area contributed by atoms with Gasteiger partial charge in [0.25, 0.3) is 0 Å². The SMILES string of the molecule is C=C/C=C\c1cc2ccccc2cc1C(C=C)C/C=C/N(C(=C)C1Oc2ccccc2C1C=C)C(/C=C/c1cc2ccccc2c2ccccc12)=C/C=C. The Labute approximate surface area is 319 Å². The fraction of sp³-hybridized carbons (Fsp3) is 0.0769. The molecule has 2 nitrogen and oxygen atoms in total. The molecule has 2 heteroatoms. The van der Waals surface area contributed by atoms with Crippen molar-refractivity contribution in [2.75, 3.05) is 0 Å². The van der Waals surface area contributed by atoms with Crippen LogP contribution in [0.3, 0.4) is 0 Å². The number of allylic oxidation sites excluding steroid dienone is 7. The second-order valence-corrected chi connectivity index (χ2v) is 13.5. The highest BCUT2D eigenvalue weighted by atomic mass is 16.5. The van der Waals surface area contributed by atoms with E-state index in [1.165, 1.54) is 37.9 Å². The van der Waals surface area contributed by atoms with Gasteiger partial charge >= 0.3 is 0 Å². The van der Waals surface area contributed by atoms with E-state index < -0.39 is 0 Å². The van der Waals surface area contributed by atoms with Crippen LogP contribution in [-0.4, -0.2) is 11.0 Å². The molecule has 54 heavy (non-hydrogen) atoms. The highest BCUT2D eigenvalue weighted by Crippen LogP contribution is 2.43. The molecule has 1 aliphatic heterocycles. The first-order valence-electron chi connectivity index (χ1n) is 18.4. The largest absolute Gasteiger partial charge is 0.483 e. The summed E-state index contributed by atoms with van der Waals surface area (Å²) in [7, 11) is 0. The van der Waals surface area contributed by atoms with Crippen LogP contribution in [-0.2, 0) is 0 Å². The molecule has 0 fully saturated rings. The number of para-hydroxylation sites is 1. The molecule has 3 unspecified atom stereocenters. The Balaban J connectivity index is 1.28. The summed E-state index contributed by atoms with van der Waals surface area (Å²) in [5.74, 6) is 0.860. The van der Waals surface area contributed by atoms with Gasteiger partial charge in [-0.3, -0.25) is 0 Å². The van der Waals surface area contributed by atoms with Crippen LogP contribution in [0.1, 0.15) is 40.5 Å². The summed E-state index contributed by atoms with van der Waals surface area (Å²) in [6.45, 7) is 21.2. The molecule has 3 atom stereocenters. The van der Waals surface area contributed by atoms with Gasteiger partial charge in [-0.15, -0.1) is 13.2 Å². The van der Waals surface area contributed by atoms with Gasteiger partial charge in [0.15, 0.2) is 0 Å². The molecule has 6 aromatic carbocycles. The van der Waals surface area contributed by atoms with Crippen LogP contribution >= 0.6 is 0 Å². The first kappa shape index (κ1) is 35.7. The zero-order valence-corrected chi connectivity index (χ0v) is 30.7. The number of ether oxygens (including phenoxy) is 1. The standard InChI is InChI=1S/C52H45NO/c1-6-10-21-42-34-39-22-11-12-23-40(39)36-50(42)38(8-3)25-19-33-53(37(5)52-45(9-4)49-29-17-18-30-51(49)54-52)44(20-7-2)32-31-43-35-41-24-13-14-26-46(41)48-28-16-15-27-47(43)48/h6-24,26-36,38,45,52H,1-5,25H2/b21-10-,32-31+,33-19+,44-20+. The van der Waals surface area contributed by atoms with Crippen molar-refractivity contribution in [1.29, 1.82) is 0 Å². The summed E-state index contributed by atoms with van der Waals surface area (Å²) in [4.78, 5) is 2.13. The molecule has 264 valence electrons. The Morgan fingerprint density at radius 3 is 2.11 bits per heavy atom.